The van der Waals surface area contributed by atoms with E-state index >= 15 is 0 Å². The van der Waals surface area contributed by atoms with Crippen molar-refractivity contribution in [1.29, 1.82) is 5.26 Å². The van der Waals surface area contributed by atoms with Crippen LogP contribution in [0, 0.1) is 11.3 Å². The van der Waals surface area contributed by atoms with E-state index in [4.69, 9.17) is 10.4 Å². The van der Waals surface area contributed by atoms with E-state index in [1.807, 2.05) is 26.0 Å². The third-order valence-corrected chi connectivity index (χ3v) is 2.25. The van der Waals surface area contributed by atoms with Crippen LogP contribution in [0.25, 0.3) is 0 Å². The number of nitrogens with zero attached hydrogens (tertiary/aromatic N) is 1. The van der Waals surface area contributed by atoms with Crippen LogP contribution < -0.4 is 5.32 Å². The second-order valence-corrected chi connectivity index (χ2v) is 4.20. The van der Waals surface area contributed by atoms with Crippen LogP contribution in [0.2, 0.25) is 0 Å². The van der Waals surface area contributed by atoms with Crippen LogP contribution in [-0.4, -0.2) is 17.3 Å². The third-order valence-electron chi connectivity index (χ3n) is 2.25. The zero-order valence-electron chi connectivity index (χ0n) is 9.12. The van der Waals surface area contributed by atoms with Crippen molar-refractivity contribution in [3.05, 3.63) is 35.4 Å². The first-order chi connectivity index (χ1) is 7.07. The summed E-state index contributed by atoms with van der Waals surface area (Å²) in [4.78, 5) is 0. The molecule has 3 heteroatoms. The molecular weight excluding hydrogens is 188 g/mol. The predicted octanol–water partition coefficient (Wildman–Crippen LogP) is 1.42. The fourth-order valence-electron chi connectivity index (χ4n) is 1.09. The van der Waals surface area contributed by atoms with Gasteiger partial charge in [-0.25, -0.2) is 0 Å². The first kappa shape index (κ1) is 11.7. The molecule has 80 valence electrons. The van der Waals surface area contributed by atoms with E-state index < -0.39 is 0 Å². The number of aliphatic hydroxyl groups excluding tert-OH is 1. The molecule has 0 unspecified atom stereocenters. The van der Waals surface area contributed by atoms with Gasteiger partial charge in [0.05, 0.1) is 18.2 Å². The maximum atomic E-state index is 9.05. The van der Waals surface area contributed by atoms with Gasteiger partial charge in [0.15, 0.2) is 0 Å². The Morgan fingerprint density at radius 2 is 1.93 bits per heavy atom. The Balaban J connectivity index is 2.56. The van der Waals surface area contributed by atoms with Gasteiger partial charge in [-0.2, -0.15) is 5.26 Å². The van der Waals surface area contributed by atoms with Crippen molar-refractivity contribution >= 4 is 0 Å². The van der Waals surface area contributed by atoms with Gasteiger partial charge in [-0.15, -0.1) is 0 Å². The monoisotopic (exact) mass is 204 g/mol. The lowest BCUT2D eigenvalue weighted by molar-refractivity contribution is 0.187. The molecule has 0 fully saturated rings. The molecule has 0 aliphatic carbocycles. The van der Waals surface area contributed by atoms with Crippen LogP contribution in [0.15, 0.2) is 24.3 Å². The summed E-state index contributed by atoms with van der Waals surface area (Å²) in [5.74, 6) is 0. The highest BCUT2D eigenvalue weighted by Crippen LogP contribution is 2.06. The maximum Gasteiger partial charge on any atom is 0.0991 e. The van der Waals surface area contributed by atoms with Gasteiger partial charge in [0.2, 0.25) is 0 Å². The van der Waals surface area contributed by atoms with E-state index in [0.717, 1.165) is 5.56 Å². The van der Waals surface area contributed by atoms with E-state index in [1.165, 1.54) is 0 Å². The SMILES string of the molecule is CC(C)(CO)NCc1ccc(C#N)cc1. The average molecular weight is 204 g/mol. The number of hydrogen-bond acceptors (Lipinski definition) is 3. The molecule has 0 heterocycles. The first-order valence-corrected chi connectivity index (χ1v) is 4.92. The lowest BCUT2D eigenvalue weighted by atomic mass is 10.1. The Morgan fingerprint density at radius 3 is 2.40 bits per heavy atom. The molecule has 0 saturated carbocycles. The van der Waals surface area contributed by atoms with Crippen molar-refractivity contribution < 1.29 is 5.11 Å². The lowest BCUT2D eigenvalue weighted by Gasteiger charge is -2.23. The number of benzene rings is 1. The van der Waals surface area contributed by atoms with E-state index in [0.29, 0.717) is 12.1 Å². The Labute approximate surface area is 90.4 Å². The van der Waals surface area contributed by atoms with Gasteiger partial charge < -0.3 is 10.4 Å². The van der Waals surface area contributed by atoms with Crippen LogP contribution in [0.3, 0.4) is 0 Å². The van der Waals surface area contributed by atoms with E-state index in [2.05, 4.69) is 11.4 Å². The van der Waals surface area contributed by atoms with Gasteiger partial charge in [-0.05, 0) is 31.5 Å². The predicted molar refractivity (Wildman–Crippen MR) is 59.2 cm³/mol. The van der Waals surface area contributed by atoms with Gasteiger partial charge in [0, 0.05) is 12.1 Å². The largest absolute Gasteiger partial charge is 0.394 e. The molecule has 0 atom stereocenters. The van der Waals surface area contributed by atoms with Gasteiger partial charge in [-0.1, -0.05) is 12.1 Å². The second-order valence-electron chi connectivity index (χ2n) is 4.20. The third kappa shape index (κ3) is 3.70. The molecule has 2 N–H and O–H groups in total. The van der Waals surface area contributed by atoms with Crippen LogP contribution in [0.5, 0.6) is 0 Å². The Hall–Kier alpha value is -1.37. The smallest absolute Gasteiger partial charge is 0.0991 e. The van der Waals surface area contributed by atoms with Crippen molar-refractivity contribution in [2.75, 3.05) is 6.61 Å². The van der Waals surface area contributed by atoms with Crippen molar-refractivity contribution in [1.82, 2.24) is 5.32 Å². The fourth-order valence-corrected chi connectivity index (χ4v) is 1.09. The van der Waals surface area contributed by atoms with Crippen molar-refractivity contribution in [2.45, 2.75) is 25.9 Å². The minimum Gasteiger partial charge on any atom is -0.394 e. The molecule has 0 aliphatic rings. The Morgan fingerprint density at radius 1 is 1.33 bits per heavy atom. The first-order valence-electron chi connectivity index (χ1n) is 4.92. The molecule has 1 rings (SSSR count). The van der Waals surface area contributed by atoms with Crippen molar-refractivity contribution in [2.24, 2.45) is 0 Å². The maximum absolute atomic E-state index is 9.05. The molecular formula is C12H16N2O. The fraction of sp³-hybridized carbons (Fsp3) is 0.417. The van der Waals surface area contributed by atoms with E-state index in [1.54, 1.807) is 12.1 Å². The Kier molecular flexibility index (Phi) is 3.84. The van der Waals surface area contributed by atoms with Crippen LogP contribution in [0.1, 0.15) is 25.0 Å². The van der Waals surface area contributed by atoms with Crippen LogP contribution in [0.4, 0.5) is 0 Å². The number of nitrogens with one attached hydrogen (secondary N) is 1. The van der Waals surface area contributed by atoms with Crippen LogP contribution >= 0.6 is 0 Å². The van der Waals surface area contributed by atoms with Crippen molar-refractivity contribution in [3.63, 3.8) is 0 Å². The van der Waals surface area contributed by atoms with Gasteiger partial charge in [-0.3, -0.25) is 0 Å². The van der Waals surface area contributed by atoms with Gasteiger partial charge >= 0.3 is 0 Å². The number of aliphatic hydroxyl groups is 1. The summed E-state index contributed by atoms with van der Waals surface area (Å²) in [6.07, 6.45) is 0. The summed E-state index contributed by atoms with van der Waals surface area (Å²) in [6.45, 7) is 4.68. The van der Waals surface area contributed by atoms with Crippen LogP contribution in [-0.2, 0) is 6.54 Å². The normalized spacial score (nSPS) is 11.1. The quantitative estimate of drug-likeness (QED) is 0.779. The molecule has 0 spiro atoms. The summed E-state index contributed by atoms with van der Waals surface area (Å²) in [7, 11) is 0. The highest BCUT2D eigenvalue weighted by atomic mass is 16.3. The average Bonchev–Trinajstić information content (AvgIpc) is 2.27. The van der Waals surface area contributed by atoms with Crippen molar-refractivity contribution in [3.8, 4) is 6.07 Å². The molecule has 0 saturated heterocycles. The van der Waals surface area contributed by atoms with Gasteiger partial charge in [0.25, 0.3) is 0 Å². The zero-order chi connectivity index (χ0) is 11.3. The van der Waals surface area contributed by atoms with Gasteiger partial charge in [0.1, 0.15) is 0 Å². The summed E-state index contributed by atoms with van der Waals surface area (Å²) in [5, 5.41) is 20.9. The highest BCUT2D eigenvalue weighted by Gasteiger charge is 2.14. The molecule has 1 aromatic rings. The van der Waals surface area contributed by atoms with E-state index in [-0.39, 0.29) is 12.1 Å². The second kappa shape index (κ2) is 4.92. The molecule has 3 nitrogen and oxygen atoms in total. The Bertz CT molecular complexity index is 349. The zero-order valence-corrected chi connectivity index (χ0v) is 9.12. The molecule has 0 aromatic heterocycles. The summed E-state index contributed by atoms with van der Waals surface area (Å²) < 4.78 is 0. The summed E-state index contributed by atoms with van der Waals surface area (Å²) in [6, 6.07) is 9.50. The standard InChI is InChI=1S/C12H16N2O/c1-12(2,9-15)14-8-11-5-3-10(7-13)4-6-11/h3-6,14-15H,8-9H2,1-2H3. The molecule has 15 heavy (non-hydrogen) atoms. The minimum absolute atomic E-state index is 0.100. The molecule has 0 radical (unpaired) electrons. The molecule has 0 amide bonds. The number of rotatable bonds is 4. The molecule has 1 aromatic carbocycles. The number of nitriles is 1. The summed E-state index contributed by atoms with van der Waals surface area (Å²) in [5.41, 5.74) is 1.50. The molecule has 0 aliphatic heterocycles. The lowest BCUT2D eigenvalue weighted by Crippen LogP contribution is -2.42. The topological polar surface area (TPSA) is 56.0 Å². The van der Waals surface area contributed by atoms with E-state index in [9.17, 15) is 0 Å². The highest BCUT2D eigenvalue weighted by molar-refractivity contribution is 5.31. The molecule has 0 bridgehead atoms. The number of hydrogen-bond donors (Lipinski definition) is 2. The summed E-state index contributed by atoms with van der Waals surface area (Å²) >= 11 is 0. The minimum atomic E-state index is -0.270.